The van der Waals surface area contributed by atoms with Crippen LogP contribution in [0.3, 0.4) is 0 Å². The average molecular weight is 606 g/mol. The predicted octanol–water partition coefficient (Wildman–Crippen LogP) is 7.59. The van der Waals surface area contributed by atoms with Crippen LogP contribution in [0, 0.1) is 0 Å². The van der Waals surface area contributed by atoms with E-state index in [4.69, 9.17) is 37.8 Å². The van der Waals surface area contributed by atoms with E-state index in [1.807, 2.05) is 24.3 Å². The molecule has 41 heavy (non-hydrogen) atoms. The Hall–Kier alpha value is -3.11. The molecule has 2 atom stereocenters. The van der Waals surface area contributed by atoms with Gasteiger partial charge in [-0.05, 0) is 55.7 Å². The first-order valence-electron chi connectivity index (χ1n) is 13.1. The van der Waals surface area contributed by atoms with Crippen LogP contribution in [-0.2, 0) is 22.1 Å². The topological polar surface area (TPSA) is 56.6 Å². The molecule has 216 valence electrons. The van der Waals surface area contributed by atoms with Crippen molar-refractivity contribution in [1.82, 2.24) is 14.7 Å². The van der Waals surface area contributed by atoms with Crippen LogP contribution in [0.5, 0.6) is 0 Å². The summed E-state index contributed by atoms with van der Waals surface area (Å²) < 4.78 is 52.4. The normalized spacial score (nSPS) is 21.3. The maximum absolute atomic E-state index is 14.1. The van der Waals surface area contributed by atoms with Crippen molar-refractivity contribution in [1.29, 1.82) is 0 Å². The number of para-hydroxylation sites is 1. The molecule has 1 aliphatic carbocycles. The number of hydrogen-bond donors (Lipinski definition) is 0. The van der Waals surface area contributed by atoms with E-state index in [9.17, 15) is 18.0 Å². The molecule has 0 spiro atoms. The van der Waals surface area contributed by atoms with E-state index >= 15 is 0 Å². The number of carbonyl (C=O) groups excluding carboxylic acids is 1. The van der Waals surface area contributed by atoms with E-state index in [0.29, 0.717) is 34.0 Å². The third-order valence-corrected chi connectivity index (χ3v) is 7.91. The van der Waals surface area contributed by atoms with Crippen molar-refractivity contribution >= 4 is 34.7 Å². The molecule has 1 saturated heterocycles. The van der Waals surface area contributed by atoms with Crippen LogP contribution in [0.2, 0.25) is 5.02 Å². The number of hydrogen-bond acceptors (Lipinski definition) is 4. The first kappa shape index (κ1) is 29.4. The lowest BCUT2D eigenvalue weighted by molar-refractivity contribution is -0.374. The number of benzene rings is 2. The standard InChI is InChI=1S/C30H28Cl2F3N3O3/c1-17(19-8-12-21(13-9-19)30(33,34)35)37(3)29(39)27-23(16-26-40-18(2)41-26)28(20-10-14-22(31)15-11-20)38(36-27)25-7-5-4-6-24(25)32/h4-14,17-18,22,26H,15-16H2,1-3H3/t17-,18?,22?,26?/m1/s1. The van der Waals surface area contributed by atoms with Crippen LogP contribution in [0.25, 0.3) is 11.3 Å². The molecule has 1 aromatic heterocycles. The highest BCUT2D eigenvalue weighted by atomic mass is 35.5. The molecular weight excluding hydrogens is 578 g/mol. The Kier molecular flexibility index (Phi) is 8.34. The fourth-order valence-corrected chi connectivity index (χ4v) is 5.28. The smallest absolute Gasteiger partial charge is 0.334 e. The number of rotatable bonds is 7. The molecule has 1 amide bonds. The first-order chi connectivity index (χ1) is 19.4. The summed E-state index contributed by atoms with van der Waals surface area (Å²) in [5.74, 6) is -0.414. The lowest BCUT2D eigenvalue weighted by Gasteiger charge is -2.34. The van der Waals surface area contributed by atoms with Gasteiger partial charge in [-0.1, -0.05) is 54.1 Å². The van der Waals surface area contributed by atoms with Crippen LogP contribution >= 0.6 is 23.2 Å². The van der Waals surface area contributed by atoms with Crippen molar-refractivity contribution in [2.24, 2.45) is 0 Å². The summed E-state index contributed by atoms with van der Waals surface area (Å²) in [6.45, 7) is 3.53. The van der Waals surface area contributed by atoms with E-state index in [1.54, 1.807) is 43.8 Å². The predicted molar refractivity (Wildman–Crippen MR) is 151 cm³/mol. The second-order valence-electron chi connectivity index (χ2n) is 9.99. The second kappa shape index (κ2) is 11.6. The minimum Gasteiger partial charge on any atom is -0.334 e. The molecule has 0 bridgehead atoms. The summed E-state index contributed by atoms with van der Waals surface area (Å²) in [4.78, 5) is 15.5. The number of aromatic nitrogens is 2. The van der Waals surface area contributed by atoms with Gasteiger partial charge in [-0.25, -0.2) is 4.68 Å². The molecule has 1 fully saturated rings. The fraction of sp³-hybridized carbons (Fsp3) is 0.333. The van der Waals surface area contributed by atoms with Crippen molar-refractivity contribution in [3.63, 3.8) is 0 Å². The highest BCUT2D eigenvalue weighted by Gasteiger charge is 2.35. The zero-order chi connectivity index (χ0) is 29.5. The van der Waals surface area contributed by atoms with Crippen LogP contribution in [0.1, 0.15) is 59.2 Å². The van der Waals surface area contributed by atoms with Gasteiger partial charge >= 0.3 is 6.18 Å². The van der Waals surface area contributed by atoms with Crippen molar-refractivity contribution < 1.29 is 27.4 Å². The van der Waals surface area contributed by atoms with Gasteiger partial charge in [0.2, 0.25) is 0 Å². The van der Waals surface area contributed by atoms with Crippen molar-refractivity contribution in [3.05, 3.63) is 99.9 Å². The molecule has 2 aromatic carbocycles. The van der Waals surface area contributed by atoms with Crippen molar-refractivity contribution in [3.8, 4) is 5.69 Å². The van der Waals surface area contributed by atoms with Gasteiger partial charge < -0.3 is 14.4 Å². The maximum atomic E-state index is 14.1. The van der Waals surface area contributed by atoms with Gasteiger partial charge in [0.05, 0.1) is 33.4 Å². The number of halogens is 5. The lowest BCUT2D eigenvalue weighted by Crippen LogP contribution is -2.40. The Morgan fingerprint density at radius 3 is 2.44 bits per heavy atom. The van der Waals surface area contributed by atoms with E-state index in [-0.39, 0.29) is 23.8 Å². The molecule has 6 nitrogen and oxygen atoms in total. The SMILES string of the molecule is CC1OC(Cc2c(C(=O)N(C)[C@H](C)c3ccc(C(F)(F)F)cc3)nn(-c3ccccc3Cl)c2C2=CCC(Cl)C=C2)O1. The van der Waals surface area contributed by atoms with Gasteiger partial charge in [0.25, 0.3) is 5.91 Å². The highest BCUT2D eigenvalue weighted by Crippen LogP contribution is 2.36. The maximum Gasteiger partial charge on any atom is 0.416 e. The summed E-state index contributed by atoms with van der Waals surface area (Å²) in [6.07, 6.45) is 1.19. The van der Waals surface area contributed by atoms with Crippen LogP contribution < -0.4 is 0 Å². The van der Waals surface area contributed by atoms with Crippen LogP contribution in [-0.4, -0.2) is 45.6 Å². The third-order valence-electron chi connectivity index (χ3n) is 7.27. The fourth-order valence-electron chi connectivity index (χ4n) is 4.90. The molecule has 1 aliphatic heterocycles. The van der Waals surface area contributed by atoms with E-state index in [1.165, 1.54) is 17.0 Å². The second-order valence-corrected chi connectivity index (χ2v) is 11.0. The monoisotopic (exact) mass is 605 g/mol. The summed E-state index contributed by atoms with van der Waals surface area (Å²) in [6, 6.07) is 11.4. The summed E-state index contributed by atoms with van der Waals surface area (Å²) in [7, 11) is 1.60. The van der Waals surface area contributed by atoms with Gasteiger partial charge in [-0.2, -0.15) is 18.3 Å². The number of allylic oxidation sites excluding steroid dienone is 4. The third kappa shape index (κ3) is 6.09. The van der Waals surface area contributed by atoms with Crippen LogP contribution in [0.4, 0.5) is 13.2 Å². The Balaban J connectivity index is 1.59. The number of alkyl halides is 4. The first-order valence-corrected chi connectivity index (χ1v) is 13.9. The zero-order valence-electron chi connectivity index (χ0n) is 22.5. The Labute approximate surface area is 245 Å². The molecule has 5 rings (SSSR count). The highest BCUT2D eigenvalue weighted by molar-refractivity contribution is 6.32. The average Bonchev–Trinajstić information content (AvgIpc) is 3.30. The van der Waals surface area contributed by atoms with Crippen molar-refractivity contribution in [2.75, 3.05) is 7.05 Å². The van der Waals surface area contributed by atoms with E-state index in [0.717, 1.165) is 17.7 Å². The molecule has 1 unspecified atom stereocenters. The molecule has 3 aromatic rings. The number of nitrogens with zero attached hydrogens (tertiary/aromatic N) is 3. The minimum atomic E-state index is -4.45. The van der Waals surface area contributed by atoms with E-state index in [2.05, 4.69) is 0 Å². The quantitative estimate of drug-likeness (QED) is 0.260. The molecule has 11 heteroatoms. The molecule has 0 N–H and O–H groups in total. The molecule has 2 heterocycles. The number of carbonyl (C=O) groups is 1. The van der Waals surface area contributed by atoms with Gasteiger partial charge in [0, 0.05) is 19.0 Å². The van der Waals surface area contributed by atoms with E-state index < -0.39 is 30.0 Å². The Morgan fingerprint density at radius 1 is 1.17 bits per heavy atom. The van der Waals surface area contributed by atoms with Gasteiger partial charge in [-0.15, -0.1) is 11.6 Å². The van der Waals surface area contributed by atoms with Crippen molar-refractivity contribution in [2.45, 2.75) is 56.9 Å². The zero-order valence-corrected chi connectivity index (χ0v) is 24.0. The number of amides is 1. The van der Waals surface area contributed by atoms with Gasteiger partial charge in [-0.3, -0.25) is 4.79 Å². The lowest BCUT2D eigenvalue weighted by atomic mass is 9.97. The van der Waals surface area contributed by atoms with Gasteiger partial charge in [0.1, 0.15) is 0 Å². The summed E-state index contributed by atoms with van der Waals surface area (Å²) in [5, 5.41) is 5.06. The minimum absolute atomic E-state index is 0.158. The molecule has 0 saturated carbocycles. The summed E-state index contributed by atoms with van der Waals surface area (Å²) >= 11 is 12.9. The number of ether oxygens (including phenoxy) is 2. The Bertz CT molecular complexity index is 1490. The molecular formula is C30H28Cl2F3N3O3. The molecule has 0 radical (unpaired) electrons. The largest absolute Gasteiger partial charge is 0.416 e. The Morgan fingerprint density at radius 2 is 1.85 bits per heavy atom. The van der Waals surface area contributed by atoms with Gasteiger partial charge in [0.15, 0.2) is 18.3 Å². The molecule has 2 aliphatic rings. The van der Waals surface area contributed by atoms with Crippen LogP contribution in [0.15, 0.2) is 66.8 Å². The summed E-state index contributed by atoms with van der Waals surface area (Å²) in [5.41, 5.74) is 2.60.